The van der Waals surface area contributed by atoms with Crippen LogP contribution in [0.2, 0.25) is 0 Å². The lowest BCUT2D eigenvalue weighted by atomic mass is 9.98. The molecule has 2 aromatic rings. The van der Waals surface area contributed by atoms with Gasteiger partial charge < -0.3 is 10.5 Å². The number of ether oxygens (including phenoxy) is 1. The van der Waals surface area contributed by atoms with Crippen LogP contribution in [0.4, 0.5) is 5.82 Å². The molecule has 0 amide bonds. The van der Waals surface area contributed by atoms with E-state index in [9.17, 15) is 5.26 Å². The van der Waals surface area contributed by atoms with Gasteiger partial charge in [0.2, 0.25) is 0 Å². The second-order valence-electron chi connectivity index (χ2n) is 6.51. The van der Waals surface area contributed by atoms with Gasteiger partial charge in [0.25, 0.3) is 5.88 Å². The minimum atomic E-state index is 0.125. The first-order valence-electron chi connectivity index (χ1n) is 8.39. The van der Waals surface area contributed by atoms with Crippen LogP contribution in [-0.4, -0.2) is 9.78 Å². The topological polar surface area (TPSA) is 76.9 Å². The lowest BCUT2D eigenvalue weighted by Gasteiger charge is -2.12. The quantitative estimate of drug-likeness (QED) is 0.857. The number of benzene rings is 1. The highest BCUT2D eigenvalue weighted by Crippen LogP contribution is 2.28. The highest BCUT2D eigenvalue weighted by Gasteiger charge is 2.19. The monoisotopic (exact) mass is 326 g/mol. The number of nitrogen functional groups attached to an aromatic ring is 1. The summed E-state index contributed by atoms with van der Waals surface area (Å²) in [5.74, 6) is 1.14. The Balaban J connectivity index is 2.27. The molecule has 2 rings (SSSR count). The SMILES string of the molecule is CCC(C)n1nc(OCc2cc(C(C)C)ccc2C)c(C#N)c1N. The van der Waals surface area contributed by atoms with E-state index in [1.165, 1.54) is 5.56 Å². The summed E-state index contributed by atoms with van der Waals surface area (Å²) in [6, 6.07) is 8.63. The van der Waals surface area contributed by atoms with Gasteiger partial charge in [-0.15, -0.1) is 5.10 Å². The van der Waals surface area contributed by atoms with Gasteiger partial charge in [-0.05, 0) is 42.9 Å². The van der Waals surface area contributed by atoms with Crippen molar-refractivity contribution in [2.24, 2.45) is 0 Å². The van der Waals surface area contributed by atoms with Gasteiger partial charge in [-0.1, -0.05) is 39.0 Å². The number of hydrogen-bond acceptors (Lipinski definition) is 4. The van der Waals surface area contributed by atoms with Crippen molar-refractivity contribution >= 4 is 5.82 Å². The summed E-state index contributed by atoms with van der Waals surface area (Å²) in [5, 5.41) is 13.8. The van der Waals surface area contributed by atoms with E-state index in [0.717, 1.165) is 17.5 Å². The van der Waals surface area contributed by atoms with E-state index in [4.69, 9.17) is 10.5 Å². The van der Waals surface area contributed by atoms with E-state index in [1.54, 1.807) is 4.68 Å². The zero-order valence-corrected chi connectivity index (χ0v) is 15.1. The third-order valence-electron chi connectivity index (χ3n) is 4.44. The predicted molar refractivity (Wildman–Crippen MR) is 96.0 cm³/mol. The Morgan fingerprint density at radius 2 is 2.04 bits per heavy atom. The van der Waals surface area contributed by atoms with Gasteiger partial charge >= 0.3 is 0 Å². The maximum absolute atomic E-state index is 9.37. The van der Waals surface area contributed by atoms with Gasteiger partial charge in [-0.25, -0.2) is 4.68 Å². The van der Waals surface area contributed by atoms with Crippen LogP contribution in [-0.2, 0) is 6.61 Å². The molecule has 0 aliphatic carbocycles. The van der Waals surface area contributed by atoms with Crippen molar-refractivity contribution in [3.8, 4) is 11.9 Å². The van der Waals surface area contributed by atoms with Crippen LogP contribution in [0.25, 0.3) is 0 Å². The molecule has 5 nitrogen and oxygen atoms in total. The molecule has 0 bridgehead atoms. The average molecular weight is 326 g/mol. The van der Waals surface area contributed by atoms with E-state index >= 15 is 0 Å². The Kier molecular flexibility index (Phi) is 5.50. The van der Waals surface area contributed by atoms with Crippen LogP contribution in [0.15, 0.2) is 18.2 Å². The van der Waals surface area contributed by atoms with Gasteiger partial charge in [0.15, 0.2) is 5.56 Å². The summed E-state index contributed by atoms with van der Waals surface area (Å²) < 4.78 is 7.52. The summed E-state index contributed by atoms with van der Waals surface area (Å²) in [6.07, 6.45) is 0.881. The van der Waals surface area contributed by atoms with Crippen LogP contribution < -0.4 is 10.5 Å². The first kappa shape index (κ1) is 17.9. The number of hydrogen-bond donors (Lipinski definition) is 1. The zero-order valence-electron chi connectivity index (χ0n) is 15.1. The molecule has 0 aliphatic rings. The maximum Gasteiger partial charge on any atom is 0.253 e. The molecule has 5 heteroatoms. The second kappa shape index (κ2) is 7.39. The number of aryl methyl sites for hydroxylation is 1. The predicted octanol–water partition coefficient (Wildman–Crippen LogP) is 4.32. The van der Waals surface area contributed by atoms with E-state index in [2.05, 4.69) is 57.1 Å². The summed E-state index contributed by atoms with van der Waals surface area (Å²) in [7, 11) is 0. The van der Waals surface area contributed by atoms with Gasteiger partial charge in [0.05, 0.1) is 6.04 Å². The third-order valence-corrected chi connectivity index (χ3v) is 4.44. The molecular weight excluding hydrogens is 300 g/mol. The van der Waals surface area contributed by atoms with E-state index in [-0.39, 0.29) is 6.04 Å². The Labute approximate surface area is 144 Å². The maximum atomic E-state index is 9.37. The molecule has 24 heavy (non-hydrogen) atoms. The molecule has 0 saturated heterocycles. The summed E-state index contributed by atoms with van der Waals surface area (Å²) in [6.45, 7) is 10.8. The smallest absolute Gasteiger partial charge is 0.253 e. The largest absolute Gasteiger partial charge is 0.471 e. The van der Waals surface area contributed by atoms with Gasteiger partial charge in [-0.2, -0.15) is 5.26 Å². The van der Waals surface area contributed by atoms with Crippen molar-refractivity contribution in [3.05, 3.63) is 40.5 Å². The molecule has 0 spiro atoms. The van der Waals surface area contributed by atoms with Crippen molar-refractivity contribution < 1.29 is 4.74 Å². The van der Waals surface area contributed by atoms with E-state index in [0.29, 0.717) is 29.8 Å². The first-order valence-corrected chi connectivity index (χ1v) is 8.39. The van der Waals surface area contributed by atoms with Crippen molar-refractivity contribution in [1.82, 2.24) is 9.78 Å². The normalized spacial score (nSPS) is 12.2. The molecule has 128 valence electrons. The molecule has 0 saturated carbocycles. The molecule has 0 aliphatic heterocycles. The highest BCUT2D eigenvalue weighted by molar-refractivity contribution is 5.55. The van der Waals surface area contributed by atoms with E-state index in [1.807, 2.05) is 6.92 Å². The molecule has 1 atom stereocenters. The fourth-order valence-electron chi connectivity index (χ4n) is 2.49. The Morgan fingerprint density at radius 1 is 1.33 bits per heavy atom. The number of rotatable bonds is 6. The highest BCUT2D eigenvalue weighted by atomic mass is 16.5. The van der Waals surface area contributed by atoms with Crippen LogP contribution in [0.1, 0.15) is 68.3 Å². The van der Waals surface area contributed by atoms with Gasteiger partial charge in [0, 0.05) is 0 Å². The first-order chi connectivity index (χ1) is 11.4. The zero-order chi connectivity index (χ0) is 17.9. The molecule has 1 aromatic heterocycles. The lowest BCUT2D eigenvalue weighted by Crippen LogP contribution is -2.09. The van der Waals surface area contributed by atoms with E-state index < -0.39 is 0 Å². The molecule has 0 fully saturated rings. The lowest BCUT2D eigenvalue weighted by molar-refractivity contribution is 0.285. The van der Waals surface area contributed by atoms with Crippen LogP contribution in [0, 0.1) is 18.3 Å². The summed E-state index contributed by atoms with van der Waals surface area (Å²) in [5.41, 5.74) is 9.89. The minimum absolute atomic E-state index is 0.125. The number of nitriles is 1. The Hall–Kier alpha value is -2.48. The Bertz CT molecular complexity index is 755. The molecule has 1 heterocycles. The minimum Gasteiger partial charge on any atom is -0.471 e. The Morgan fingerprint density at radius 3 is 2.62 bits per heavy atom. The van der Waals surface area contributed by atoms with Crippen LogP contribution in [0.5, 0.6) is 5.88 Å². The van der Waals surface area contributed by atoms with Crippen molar-refractivity contribution in [2.45, 2.75) is 59.6 Å². The number of aromatic nitrogens is 2. The summed E-state index contributed by atoms with van der Waals surface area (Å²) in [4.78, 5) is 0. The van der Waals surface area contributed by atoms with Crippen molar-refractivity contribution in [3.63, 3.8) is 0 Å². The average Bonchev–Trinajstić information content (AvgIpc) is 2.88. The molecule has 2 N–H and O–H groups in total. The number of anilines is 1. The molecule has 1 unspecified atom stereocenters. The molecular formula is C19H26N4O. The number of nitrogens with zero attached hydrogens (tertiary/aromatic N) is 3. The third kappa shape index (κ3) is 3.53. The van der Waals surface area contributed by atoms with Crippen LogP contribution >= 0.6 is 0 Å². The second-order valence-corrected chi connectivity index (χ2v) is 6.51. The molecule has 1 aromatic carbocycles. The van der Waals surface area contributed by atoms with Crippen LogP contribution in [0.3, 0.4) is 0 Å². The molecule has 0 radical (unpaired) electrons. The van der Waals surface area contributed by atoms with Crippen molar-refractivity contribution in [1.29, 1.82) is 5.26 Å². The van der Waals surface area contributed by atoms with Gasteiger partial charge in [0.1, 0.15) is 18.5 Å². The summed E-state index contributed by atoms with van der Waals surface area (Å²) >= 11 is 0. The fourth-order valence-corrected chi connectivity index (χ4v) is 2.49. The fraction of sp³-hybridized carbons (Fsp3) is 0.474. The standard InChI is InChI=1S/C19H26N4O/c1-6-14(5)23-18(21)17(10-20)19(22-23)24-11-16-9-15(12(2)3)8-7-13(16)4/h7-9,12,14H,6,11,21H2,1-5H3. The van der Waals surface area contributed by atoms with Gasteiger partial charge in [-0.3, -0.25) is 0 Å². The van der Waals surface area contributed by atoms with Crippen molar-refractivity contribution in [2.75, 3.05) is 5.73 Å². The number of nitrogens with two attached hydrogens (primary N) is 1.